The molecule has 0 saturated heterocycles. The molecule has 1 atom stereocenters. The van der Waals surface area contributed by atoms with Crippen molar-refractivity contribution >= 4 is 0 Å². The van der Waals surface area contributed by atoms with Crippen LogP contribution in [0, 0.1) is 5.41 Å². The average Bonchev–Trinajstić information content (AvgIpc) is 2.84. The molecule has 3 rings (SSSR count). The summed E-state index contributed by atoms with van der Waals surface area (Å²) in [4.78, 5) is 2.57. The zero-order valence-electron chi connectivity index (χ0n) is 12.1. The van der Waals surface area contributed by atoms with Crippen LogP contribution in [0.1, 0.15) is 45.4 Å². The summed E-state index contributed by atoms with van der Waals surface area (Å²) in [6, 6.07) is 0. The van der Waals surface area contributed by atoms with E-state index in [9.17, 15) is 0 Å². The zero-order valence-corrected chi connectivity index (χ0v) is 12.1. The SMILES string of the molecule is CC1(C)CCCC(CN)(N2CCn3cnnc3C2)C1. The van der Waals surface area contributed by atoms with Gasteiger partial charge in [-0.1, -0.05) is 20.3 Å². The number of hydrogen-bond donors (Lipinski definition) is 1. The maximum absolute atomic E-state index is 6.20. The van der Waals surface area contributed by atoms with E-state index in [2.05, 4.69) is 33.5 Å². The molecule has 2 heterocycles. The summed E-state index contributed by atoms with van der Waals surface area (Å²) < 4.78 is 2.16. The summed E-state index contributed by atoms with van der Waals surface area (Å²) in [6.07, 6.45) is 6.87. The van der Waals surface area contributed by atoms with Crippen molar-refractivity contribution < 1.29 is 0 Å². The fraction of sp³-hybridized carbons (Fsp3) is 0.857. The fourth-order valence-electron chi connectivity index (χ4n) is 4.01. The predicted molar refractivity (Wildman–Crippen MR) is 74.5 cm³/mol. The van der Waals surface area contributed by atoms with Gasteiger partial charge in [0.1, 0.15) is 12.2 Å². The van der Waals surface area contributed by atoms with Gasteiger partial charge in [-0.3, -0.25) is 4.90 Å². The highest BCUT2D eigenvalue weighted by Gasteiger charge is 2.44. The van der Waals surface area contributed by atoms with Gasteiger partial charge < -0.3 is 10.3 Å². The number of fused-ring (bicyclic) bond motifs is 1. The van der Waals surface area contributed by atoms with E-state index in [4.69, 9.17) is 5.73 Å². The van der Waals surface area contributed by atoms with Crippen molar-refractivity contribution in [2.75, 3.05) is 13.1 Å². The van der Waals surface area contributed by atoms with E-state index in [1.54, 1.807) is 0 Å². The van der Waals surface area contributed by atoms with Crippen LogP contribution >= 0.6 is 0 Å². The molecule has 0 radical (unpaired) electrons. The minimum atomic E-state index is 0.166. The molecule has 0 aromatic carbocycles. The first-order valence-corrected chi connectivity index (χ1v) is 7.37. The van der Waals surface area contributed by atoms with Crippen LogP contribution in [0.5, 0.6) is 0 Å². The van der Waals surface area contributed by atoms with Crippen LogP contribution in [-0.4, -0.2) is 38.3 Å². The second kappa shape index (κ2) is 4.56. The standard InChI is InChI=1S/C14H25N5/c1-13(2)4-3-5-14(9-13,10-15)19-7-6-18-11-16-17-12(18)8-19/h11H,3-10,15H2,1-2H3. The molecule has 1 fully saturated rings. The van der Waals surface area contributed by atoms with Crippen molar-refractivity contribution in [1.29, 1.82) is 0 Å². The van der Waals surface area contributed by atoms with Crippen molar-refractivity contribution in [2.24, 2.45) is 11.1 Å². The second-order valence-corrected chi connectivity index (χ2v) is 6.99. The van der Waals surface area contributed by atoms with Gasteiger partial charge >= 0.3 is 0 Å². The lowest BCUT2D eigenvalue weighted by molar-refractivity contribution is -0.00801. The second-order valence-electron chi connectivity index (χ2n) is 6.99. The van der Waals surface area contributed by atoms with E-state index >= 15 is 0 Å². The Hall–Kier alpha value is -0.940. The van der Waals surface area contributed by atoms with Crippen molar-refractivity contribution in [3.63, 3.8) is 0 Å². The molecular weight excluding hydrogens is 238 g/mol. The molecule has 0 amide bonds. The van der Waals surface area contributed by atoms with E-state index < -0.39 is 0 Å². The first kappa shape index (κ1) is 13.1. The summed E-state index contributed by atoms with van der Waals surface area (Å²) in [5.74, 6) is 1.09. The van der Waals surface area contributed by atoms with Crippen molar-refractivity contribution in [1.82, 2.24) is 19.7 Å². The highest BCUT2D eigenvalue weighted by atomic mass is 15.3. The monoisotopic (exact) mass is 263 g/mol. The van der Waals surface area contributed by atoms with Crippen LogP contribution in [0.25, 0.3) is 0 Å². The Morgan fingerprint density at radius 1 is 1.32 bits per heavy atom. The third kappa shape index (κ3) is 2.30. The van der Waals surface area contributed by atoms with Crippen LogP contribution in [0.3, 0.4) is 0 Å². The molecule has 19 heavy (non-hydrogen) atoms. The maximum atomic E-state index is 6.20. The Balaban J connectivity index is 1.83. The fourth-order valence-corrected chi connectivity index (χ4v) is 4.01. The summed E-state index contributed by atoms with van der Waals surface area (Å²) in [5, 5.41) is 8.25. The van der Waals surface area contributed by atoms with E-state index in [-0.39, 0.29) is 5.54 Å². The molecule has 1 aromatic rings. The third-order valence-corrected chi connectivity index (χ3v) is 4.99. The van der Waals surface area contributed by atoms with Gasteiger partial charge in [0, 0.05) is 25.2 Å². The van der Waals surface area contributed by atoms with Gasteiger partial charge in [0.25, 0.3) is 0 Å². The predicted octanol–water partition coefficient (Wildman–Crippen LogP) is 1.39. The van der Waals surface area contributed by atoms with Gasteiger partial charge in [-0.05, 0) is 24.7 Å². The Morgan fingerprint density at radius 2 is 2.16 bits per heavy atom. The van der Waals surface area contributed by atoms with Crippen LogP contribution in [0.4, 0.5) is 0 Å². The lowest BCUT2D eigenvalue weighted by Crippen LogP contribution is -2.59. The quantitative estimate of drug-likeness (QED) is 0.876. The maximum Gasteiger partial charge on any atom is 0.147 e. The first-order valence-electron chi connectivity index (χ1n) is 7.37. The lowest BCUT2D eigenvalue weighted by atomic mass is 9.67. The highest BCUT2D eigenvalue weighted by molar-refractivity contribution is 5.03. The van der Waals surface area contributed by atoms with Crippen molar-refractivity contribution in [3.8, 4) is 0 Å². The molecule has 0 bridgehead atoms. The normalized spacial score (nSPS) is 31.1. The Bertz CT molecular complexity index is 452. The van der Waals surface area contributed by atoms with Gasteiger partial charge in [0.15, 0.2) is 0 Å². The smallest absolute Gasteiger partial charge is 0.147 e. The van der Waals surface area contributed by atoms with Gasteiger partial charge in [0.05, 0.1) is 6.54 Å². The van der Waals surface area contributed by atoms with Crippen molar-refractivity contribution in [3.05, 3.63) is 12.2 Å². The minimum absolute atomic E-state index is 0.166. The van der Waals surface area contributed by atoms with E-state index in [1.165, 1.54) is 25.7 Å². The highest BCUT2D eigenvalue weighted by Crippen LogP contribution is 2.44. The number of nitrogens with zero attached hydrogens (tertiary/aromatic N) is 4. The van der Waals surface area contributed by atoms with Crippen molar-refractivity contribution in [2.45, 2.75) is 58.2 Å². The average molecular weight is 263 g/mol. The molecule has 1 saturated carbocycles. The van der Waals surface area contributed by atoms with E-state index in [1.807, 2.05) is 6.33 Å². The zero-order chi connectivity index (χ0) is 13.5. The minimum Gasteiger partial charge on any atom is -0.329 e. The third-order valence-electron chi connectivity index (χ3n) is 4.99. The number of rotatable bonds is 2. The lowest BCUT2D eigenvalue weighted by Gasteiger charge is -2.51. The number of nitrogens with two attached hydrogens (primary N) is 1. The summed E-state index contributed by atoms with van der Waals surface area (Å²) >= 11 is 0. The molecule has 0 spiro atoms. The Kier molecular flexibility index (Phi) is 3.14. The van der Waals surface area contributed by atoms with Gasteiger partial charge in [-0.25, -0.2) is 0 Å². The van der Waals surface area contributed by atoms with Gasteiger partial charge in [0.2, 0.25) is 0 Å². The molecule has 2 aliphatic rings. The first-order chi connectivity index (χ1) is 9.05. The van der Waals surface area contributed by atoms with Gasteiger partial charge in [-0.15, -0.1) is 10.2 Å². The van der Waals surface area contributed by atoms with E-state index in [0.717, 1.165) is 32.0 Å². The van der Waals surface area contributed by atoms with Gasteiger partial charge in [-0.2, -0.15) is 0 Å². The number of hydrogen-bond acceptors (Lipinski definition) is 4. The summed E-state index contributed by atoms with van der Waals surface area (Å²) in [6.45, 7) is 8.46. The van der Waals surface area contributed by atoms with Crippen LogP contribution in [0.15, 0.2) is 6.33 Å². The summed E-state index contributed by atoms with van der Waals surface area (Å²) in [7, 11) is 0. The molecule has 5 heteroatoms. The molecule has 1 aromatic heterocycles. The molecule has 5 nitrogen and oxygen atoms in total. The molecule has 1 unspecified atom stereocenters. The molecule has 106 valence electrons. The topological polar surface area (TPSA) is 60.0 Å². The Morgan fingerprint density at radius 3 is 2.89 bits per heavy atom. The molecular formula is C14H25N5. The molecule has 1 aliphatic carbocycles. The van der Waals surface area contributed by atoms with Crippen LogP contribution < -0.4 is 5.73 Å². The van der Waals surface area contributed by atoms with Crippen LogP contribution in [-0.2, 0) is 13.1 Å². The van der Waals surface area contributed by atoms with Crippen LogP contribution in [0.2, 0.25) is 0 Å². The number of aromatic nitrogens is 3. The molecule has 1 aliphatic heterocycles. The molecule has 2 N–H and O–H groups in total. The summed E-state index contributed by atoms with van der Waals surface area (Å²) in [5.41, 5.74) is 6.77. The Labute approximate surface area is 115 Å². The van der Waals surface area contributed by atoms with E-state index in [0.29, 0.717) is 5.41 Å². The largest absolute Gasteiger partial charge is 0.329 e.